The summed E-state index contributed by atoms with van der Waals surface area (Å²) in [7, 11) is 0. The summed E-state index contributed by atoms with van der Waals surface area (Å²) >= 11 is 0. The van der Waals surface area contributed by atoms with Crippen molar-refractivity contribution < 1.29 is 0 Å². The molecule has 0 heterocycles. The first-order valence-electron chi connectivity index (χ1n) is 16.6. The molecule has 0 unspecified atom stereocenters. The van der Waals surface area contributed by atoms with Gasteiger partial charge in [0.2, 0.25) is 0 Å². The van der Waals surface area contributed by atoms with Crippen molar-refractivity contribution >= 4 is 32.3 Å². The van der Waals surface area contributed by atoms with E-state index in [1.807, 2.05) is 0 Å². The molecule has 48 heavy (non-hydrogen) atoms. The van der Waals surface area contributed by atoms with E-state index in [2.05, 4.69) is 194 Å². The van der Waals surface area contributed by atoms with Crippen LogP contribution in [0, 0.1) is 0 Å². The van der Waals surface area contributed by atoms with Gasteiger partial charge < -0.3 is 0 Å². The molecule has 0 N–H and O–H groups in total. The molecular formula is C48H32. The summed E-state index contributed by atoms with van der Waals surface area (Å²) in [5.74, 6) is 0. The van der Waals surface area contributed by atoms with Crippen molar-refractivity contribution in [1.29, 1.82) is 0 Å². The van der Waals surface area contributed by atoms with E-state index in [0.717, 1.165) is 0 Å². The summed E-state index contributed by atoms with van der Waals surface area (Å²) in [6.45, 7) is 0. The number of fused-ring (bicyclic) bond motifs is 3. The molecule has 0 aliphatic heterocycles. The van der Waals surface area contributed by atoms with Gasteiger partial charge in [-0.15, -0.1) is 0 Å². The van der Waals surface area contributed by atoms with Crippen molar-refractivity contribution in [3.8, 4) is 55.6 Å². The SMILES string of the molecule is c1ccc(-c2c3ccccc3c(-c3ccccc3-c3cccc(-c4ccc(-c5cccc6ccccc56)cc4)c3)c3ccccc23)cc1. The topological polar surface area (TPSA) is 0 Å². The van der Waals surface area contributed by atoms with Crippen LogP contribution in [-0.4, -0.2) is 0 Å². The molecule has 0 aromatic heterocycles. The van der Waals surface area contributed by atoms with Crippen molar-refractivity contribution in [2.75, 3.05) is 0 Å². The molecule has 0 aliphatic rings. The van der Waals surface area contributed by atoms with Gasteiger partial charge in [-0.2, -0.15) is 0 Å². The highest BCUT2D eigenvalue weighted by molar-refractivity contribution is 6.22. The van der Waals surface area contributed by atoms with E-state index in [1.165, 1.54) is 88.0 Å². The highest BCUT2D eigenvalue weighted by atomic mass is 14.2. The van der Waals surface area contributed by atoms with Crippen molar-refractivity contribution in [2.24, 2.45) is 0 Å². The fraction of sp³-hybridized carbons (Fsp3) is 0. The van der Waals surface area contributed by atoms with Crippen LogP contribution in [-0.2, 0) is 0 Å². The van der Waals surface area contributed by atoms with Gasteiger partial charge >= 0.3 is 0 Å². The van der Waals surface area contributed by atoms with Gasteiger partial charge in [-0.05, 0) is 94.0 Å². The van der Waals surface area contributed by atoms with Gasteiger partial charge in [-0.1, -0.05) is 188 Å². The Morgan fingerprint density at radius 1 is 0.208 bits per heavy atom. The average Bonchev–Trinajstić information content (AvgIpc) is 3.17. The van der Waals surface area contributed by atoms with Gasteiger partial charge in [0, 0.05) is 0 Å². The van der Waals surface area contributed by atoms with E-state index in [9.17, 15) is 0 Å². The highest BCUT2D eigenvalue weighted by Crippen LogP contribution is 2.46. The van der Waals surface area contributed by atoms with Gasteiger partial charge in [-0.25, -0.2) is 0 Å². The molecule has 0 fully saturated rings. The van der Waals surface area contributed by atoms with E-state index in [1.54, 1.807) is 0 Å². The summed E-state index contributed by atoms with van der Waals surface area (Å²) in [6.07, 6.45) is 0. The second-order valence-electron chi connectivity index (χ2n) is 12.4. The zero-order valence-corrected chi connectivity index (χ0v) is 26.5. The Labute approximate surface area is 281 Å². The van der Waals surface area contributed by atoms with E-state index in [4.69, 9.17) is 0 Å². The first-order valence-corrected chi connectivity index (χ1v) is 16.6. The lowest BCUT2D eigenvalue weighted by molar-refractivity contribution is 1.58. The number of rotatable bonds is 5. The second-order valence-corrected chi connectivity index (χ2v) is 12.4. The van der Waals surface area contributed by atoms with E-state index >= 15 is 0 Å². The van der Waals surface area contributed by atoms with Crippen LogP contribution in [0.3, 0.4) is 0 Å². The molecule has 0 heteroatoms. The van der Waals surface area contributed by atoms with E-state index < -0.39 is 0 Å². The highest BCUT2D eigenvalue weighted by Gasteiger charge is 2.18. The smallest absolute Gasteiger partial charge is 0.00201 e. The Morgan fingerprint density at radius 3 is 1.38 bits per heavy atom. The van der Waals surface area contributed by atoms with Crippen LogP contribution in [0.4, 0.5) is 0 Å². The lowest BCUT2D eigenvalue weighted by Gasteiger charge is -2.20. The van der Waals surface area contributed by atoms with Crippen LogP contribution in [0.2, 0.25) is 0 Å². The minimum Gasteiger partial charge on any atom is -0.0622 e. The molecule has 224 valence electrons. The molecular weight excluding hydrogens is 577 g/mol. The monoisotopic (exact) mass is 608 g/mol. The molecule has 0 spiro atoms. The molecule has 9 aromatic rings. The largest absolute Gasteiger partial charge is 0.0622 e. The Bertz CT molecular complexity index is 2530. The molecule has 9 rings (SSSR count). The first kappa shape index (κ1) is 28.0. The fourth-order valence-corrected chi connectivity index (χ4v) is 7.47. The third-order valence-electron chi connectivity index (χ3n) is 9.68. The van der Waals surface area contributed by atoms with Gasteiger partial charge in [0.05, 0.1) is 0 Å². The van der Waals surface area contributed by atoms with Gasteiger partial charge in [0.15, 0.2) is 0 Å². The van der Waals surface area contributed by atoms with Crippen molar-refractivity contribution in [2.45, 2.75) is 0 Å². The fourth-order valence-electron chi connectivity index (χ4n) is 7.47. The molecule has 0 amide bonds. The molecule has 0 radical (unpaired) electrons. The van der Waals surface area contributed by atoms with Crippen molar-refractivity contribution in [3.05, 3.63) is 194 Å². The normalized spacial score (nSPS) is 11.3. The standard InChI is InChI=1S/C48H32/c1-2-15-36(16-3-1)47-43-23-8-10-25-45(43)48(46-26-11-9-24-44(46)47)42-22-7-6-21-41(42)38-19-12-18-37(32-38)33-28-30-35(31-29-33)40-27-13-17-34-14-4-5-20-39(34)40/h1-32H. The molecule has 0 saturated carbocycles. The van der Waals surface area contributed by atoms with Gasteiger partial charge in [0.25, 0.3) is 0 Å². The minimum absolute atomic E-state index is 1.21. The quantitative estimate of drug-likeness (QED) is 0.171. The second kappa shape index (κ2) is 11.8. The lowest BCUT2D eigenvalue weighted by atomic mass is 9.83. The van der Waals surface area contributed by atoms with Gasteiger partial charge in [0.1, 0.15) is 0 Å². The Hall–Kier alpha value is -6.24. The number of hydrogen-bond donors (Lipinski definition) is 0. The maximum Gasteiger partial charge on any atom is -0.00201 e. The average molecular weight is 609 g/mol. The van der Waals surface area contributed by atoms with Crippen molar-refractivity contribution in [1.82, 2.24) is 0 Å². The zero-order valence-electron chi connectivity index (χ0n) is 26.5. The third-order valence-corrected chi connectivity index (χ3v) is 9.68. The van der Waals surface area contributed by atoms with Crippen LogP contribution in [0.15, 0.2) is 194 Å². The Balaban J connectivity index is 1.18. The molecule has 0 saturated heterocycles. The molecule has 0 nitrogen and oxygen atoms in total. The number of hydrogen-bond acceptors (Lipinski definition) is 0. The molecule has 9 aromatic carbocycles. The Kier molecular flexibility index (Phi) is 6.91. The summed E-state index contributed by atoms with van der Waals surface area (Å²) in [5.41, 5.74) is 12.4. The van der Waals surface area contributed by atoms with Crippen LogP contribution in [0.5, 0.6) is 0 Å². The summed E-state index contributed by atoms with van der Waals surface area (Å²) in [4.78, 5) is 0. The maximum absolute atomic E-state index is 2.34. The summed E-state index contributed by atoms with van der Waals surface area (Å²) in [6, 6.07) is 70.6. The predicted molar refractivity (Wildman–Crippen MR) is 206 cm³/mol. The third kappa shape index (κ3) is 4.78. The van der Waals surface area contributed by atoms with E-state index in [0.29, 0.717) is 0 Å². The van der Waals surface area contributed by atoms with Crippen molar-refractivity contribution in [3.63, 3.8) is 0 Å². The van der Waals surface area contributed by atoms with Gasteiger partial charge in [-0.3, -0.25) is 0 Å². The zero-order chi connectivity index (χ0) is 31.9. The molecule has 0 aliphatic carbocycles. The molecule has 0 bridgehead atoms. The maximum atomic E-state index is 2.34. The summed E-state index contributed by atoms with van der Waals surface area (Å²) in [5, 5.41) is 7.62. The lowest BCUT2D eigenvalue weighted by Crippen LogP contribution is -1.92. The summed E-state index contributed by atoms with van der Waals surface area (Å²) < 4.78 is 0. The van der Waals surface area contributed by atoms with Crippen LogP contribution in [0.1, 0.15) is 0 Å². The first-order chi connectivity index (χ1) is 23.8. The molecule has 0 atom stereocenters. The van der Waals surface area contributed by atoms with E-state index in [-0.39, 0.29) is 0 Å². The van der Waals surface area contributed by atoms with Crippen LogP contribution >= 0.6 is 0 Å². The minimum atomic E-state index is 1.21. The van der Waals surface area contributed by atoms with Crippen LogP contribution < -0.4 is 0 Å². The van der Waals surface area contributed by atoms with Crippen LogP contribution in [0.25, 0.3) is 88.0 Å². The number of benzene rings is 9. The predicted octanol–water partition coefficient (Wildman–Crippen LogP) is 13.5. The Morgan fingerprint density at radius 2 is 0.667 bits per heavy atom.